The first-order valence-corrected chi connectivity index (χ1v) is 10.5. The molecule has 1 N–H and O–H groups in total. The summed E-state index contributed by atoms with van der Waals surface area (Å²) in [5.41, 5.74) is 2.76. The molecule has 1 fully saturated rings. The zero-order chi connectivity index (χ0) is 22.3. The van der Waals surface area contributed by atoms with Crippen LogP contribution in [0.3, 0.4) is 0 Å². The van der Waals surface area contributed by atoms with Gasteiger partial charge in [-0.05, 0) is 73.5 Å². The summed E-state index contributed by atoms with van der Waals surface area (Å²) in [6.07, 6.45) is 1.33. The number of imide groups is 2. The fourth-order valence-corrected chi connectivity index (χ4v) is 3.66. The lowest BCUT2D eigenvalue weighted by Crippen LogP contribution is -2.54. The molecule has 3 aromatic rings. The van der Waals surface area contributed by atoms with Crippen molar-refractivity contribution in [1.82, 2.24) is 5.32 Å². The maximum Gasteiger partial charge on any atom is 0.335 e. The van der Waals surface area contributed by atoms with Crippen molar-refractivity contribution in [3.63, 3.8) is 0 Å². The minimum absolute atomic E-state index is 0.205. The highest BCUT2D eigenvalue weighted by Gasteiger charge is 2.37. The molecule has 156 valence electrons. The van der Waals surface area contributed by atoms with E-state index in [1.807, 2.05) is 19.9 Å². The summed E-state index contributed by atoms with van der Waals surface area (Å²) in [5, 5.41) is 2.77. The first-order valence-electron chi connectivity index (χ1n) is 9.28. The molecular weight excluding hydrogens is 484 g/mol. The van der Waals surface area contributed by atoms with Crippen molar-refractivity contribution in [2.45, 2.75) is 13.8 Å². The van der Waals surface area contributed by atoms with Crippen molar-refractivity contribution in [2.24, 2.45) is 0 Å². The van der Waals surface area contributed by atoms with Gasteiger partial charge in [-0.1, -0.05) is 33.6 Å². The number of carbonyl (C=O) groups excluding carboxylic acids is 3. The number of nitrogens with one attached hydrogen (secondary N) is 1. The van der Waals surface area contributed by atoms with Crippen molar-refractivity contribution >= 4 is 57.1 Å². The smallest absolute Gasteiger partial charge is 0.335 e. The average Bonchev–Trinajstić information content (AvgIpc) is 3.18. The standard InChI is InChI=1S/C23H16BrClN2O4/c1-12-3-4-14(25)10-17(12)20-8-6-16(31-20)11-18-21(28)26-23(30)27(22(18)29)15-5-7-19(24)13(2)9-15/h3-11H,1-2H3,(H,26,28,30)/b18-11+. The Labute approximate surface area is 191 Å². The number of halogens is 2. The Morgan fingerprint density at radius 2 is 1.77 bits per heavy atom. The number of anilines is 1. The van der Waals surface area contributed by atoms with Crippen molar-refractivity contribution in [3.05, 3.63) is 80.5 Å². The predicted octanol–water partition coefficient (Wildman–Crippen LogP) is 5.65. The predicted molar refractivity (Wildman–Crippen MR) is 122 cm³/mol. The van der Waals surface area contributed by atoms with Gasteiger partial charge in [-0.2, -0.15) is 0 Å². The third-order valence-corrected chi connectivity index (χ3v) is 6.00. The van der Waals surface area contributed by atoms with Crippen molar-refractivity contribution in [2.75, 3.05) is 4.90 Å². The number of barbiturate groups is 1. The number of urea groups is 1. The maximum absolute atomic E-state index is 13.0. The lowest BCUT2D eigenvalue weighted by atomic mass is 10.1. The number of furan rings is 1. The fraction of sp³-hybridized carbons (Fsp3) is 0.0870. The van der Waals surface area contributed by atoms with E-state index in [-0.39, 0.29) is 5.57 Å². The van der Waals surface area contributed by atoms with Gasteiger partial charge in [0.1, 0.15) is 17.1 Å². The normalized spacial score (nSPS) is 15.5. The Bertz CT molecular complexity index is 1280. The molecule has 1 aromatic heterocycles. The molecule has 6 nitrogen and oxygen atoms in total. The van der Waals surface area contributed by atoms with Crippen molar-refractivity contribution in [3.8, 4) is 11.3 Å². The Morgan fingerprint density at radius 1 is 1.00 bits per heavy atom. The second-order valence-corrected chi connectivity index (χ2v) is 8.34. The summed E-state index contributed by atoms with van der Waals surface area (Å²) >= 11 is 9.47. The molecule has 31 heavy (non-hydrogen) atoms. The molecule has 1 aliphatic heterocycles. The lowest BCUT2D eigenvalue weighted by molar-refractivity contribution is -0.122. The number of benzene rings is 2. The number of nitrogens with zero attached hydrogens (tertiary/aromatic N) is 1. The van der Waals surface area contributed by atoms with Gasteiger partial charge < -0.3 is 4.42 Å². The number of amides is 4. The molecule has 2 aromatic carbocycles. The van der Waals surface area contributed by atoms with Gasteiger partial charge >= 0.3 is 6.03 Å². The minimum atomic E-state index is -0.802. The average molecular weight is 500 g/mol. The Kier molecular flexibility index (Phi) is 5.56. The van der Waals surface area contributed by atoms with Crippen LogP contribution in [0.4, 0.5) is 10.5 Å². The first-order chi connectivity index (χ1) is 14.7. The van der Waals surface area contributed by atoms with Gasteiger partial charge in [0.05, 0.1) is 5.69 Å². The van der Waals surface area contributed by atoms with E-state index in [2.05, 4.69) is 21.2 Å². The third-order valence-electron chi connectivity index (χ3n) is 4.88. The highest BCUT2D eigenvalue weighted by molar-refractivity contribution is 9.10. The van der Waals surface area contributed by atoms with Gasteiger partial charge in [0, 0.05) is 15.1 Å². The Morgan fingerprint density at radius 3 is 2.52 bits per heavy atom. The molecule has 0 bridgehead atoms. The second kappa shape index (κ2) is 8.17. The van der Waals surface area contributed by atoms with E-state index >= 15 is 0 Å². The quantitative estimate of drug-likeness (QED) is 0.373. The van der Waals surface area contributed by atoms with Crippen molar-refractivity contribution < 1.29 is 18.8 Å². The SMILES string of the molecule is Cc1cc(N2C(=O)NC(=O)/C(=C\c3ccc(-c4cc(Cl)ccc4C)o3)C2=O)ccc1Br. The number of aryl methyl sites for hydroxylation is 2. The largest absolute Gasteiger partial charge is 0.457 e. The van der Waals surface area contributed by atoms with Gasteiger partial charge in [0.2, 0.25) is 0 Å². The van der Waals surface area contributed by atoms with Crippen LogP contribution >= 0.6 is 27.5 Å². The molecule has 1 aliphatic rings. The number of carbonyl (C=O) groups is 3. The number of hydrogen-bond acceptors (Lipinski definition) is 4. The van der Waals surface area contributed by atoms with E-state index in [1.54, 1.807) is 42.5 Å². The van der Waals surface area contributed by atoms with Gasteiger partial charge in [-0.15, -0.1) is 0 Å². The molecule has 8 heteroatoms. The maximum atomic E-state index is 13.0. The second-order valence-electron chi connectivity index (χ2n) is 7.05. The van der Waals surface area contributed by atoms with Crippen LogP contribution in [-0.4, -0.2) is 17.8 Å². The molecule has 0 unspecified atom stereocenters. The van der Waals surface area contributed by atoms with Gasteiger partial charge in [0.25, 0.3) is 11.8 Å². The topological polar surface area (TPSA) is 79.6 Å². The minimum Gasteiger partial charge on any atom is -0.457 e. The van der Waals surface area contributed by atoms with Crippen LogP contribution in [-0.2, 0) is 9.59 Å². The van der Waals surface area contributed by atoms with Crippen LogP contribution in [0.1, 0.15) is 16.9 Å². The van der Waals surface area contributed by atoms with Crippen LogP contribution in [0.2, 0.25) is 5.02 Å². The van der Waals surface area contributed by atoms with Crippen LogP contribution in [0.25, 0.3) is 17.4 Å². The molecule has 0 aliphatic carbocycles. The zero-order valence-electron chi connectivity index (χ0n) is 16.5. The molecule has 1 saturated heterocycles. The van der Waals surface area contributed by atoms with Crippen LogP contribution in [0, 0.1) is 13.8 Å². The summed E-state index contributed by atoms with van der Waals surface area (Å²) in [4.78, 5) is 38.7. The van der Waals surface area contributed by atoms with Crippen LogP contribution < -0.4 is 10.2 Å². The van der Waals surface area contributed by atoms with Gasteiger partial charge in [-0.25, -0.2) is 9.69 Å². The van der Waals surface area contributed by atoms with E-state index in [1.165, 1.54) is 6.08 Å². The summed E-state index contributed by atoms with van der Waals surface area (Å²) in [7, 11) is 0. The molecule has 4 rings (SSSR count). The van der Waals surface area contributed by atoms with Gasteiger partial charge in [0.15, 0.2) is 0 Å². The number of rotatable bonds is 3. The van der Waals surface area contributed by atoms with E-state index in [0.717, 1.165) is 26.1 Å². The highest BCUT2D eigenvalue weighted by Crippen LogP contribution is 2.30. The fourth-order valence-electron chi connectivity index (χ4n) is 3.24. The molecule has 0 spiro atoms. The molecule has 0 atom stereocenters. The lowest BCUT2D eigenvalue weighted by Gasteiger charge is -2.26. The van der Waals surface area contributed by atoms with E-state index in [0.29, 0.717) is 22.2 Å². The van der Waals surface area contributed by atoms with E-state index in [9.17, 15) is 14.4 Å². The third kappa shape index (κ3) is 4.06. The molecule has 4 amide bonds. The number of hydrogen-bond donors (Lipinski definition) is 1. The summed E-state index contributed by atoms with van der Waals surface area (Å²) in [6.45, 7) is 3.76. The monoisotopic (exact) mass is 498 g/mol. The Balaban J connectivity index is 1.70. The Hall–Kier alpha value is -3.16. The molecule has 0 radical (unpaired) electrons. The molecule has 0 saturated carbocycles. The van der Waals surface area contributed by atoms with Crippen LogP contribution in [0.5, 0.6) is 0 Å². The first kappa shape index (κ1) is 21.1. The van der Waals surface area contributed by atoms with E-state index in [4.69, 9.17) is 16.0 Å². The molecular formula is C23H16BrClN2O4. The highest BCUT2D eigenvalue weighted by atomic mass is 79.9. The van der Waals surface area contributed by atoms with E-state index < -0.39 is 17.8 Å². The summed E-state index contributed by atoms with van der Waals surface area (Å²) in [6, 6.07) is 13.1. The van der Waals surface area contributed by atoms with Gasteiger partial charge in [-0.3, -0.25) is 14.9 Å². The molecule has 2 heterocycles. The zero-order valence-corrected chi connectivity index (χ0v) is 18.9. The van der Waals surface area contributed by atoms with Crippen molar-refractivity contribution in [1.29, 1.82) is 0 Å². The van der Waals surface area contributed by atoms with Crippen LogP contribution in [0.15, 0.2) is 63.0 Å². The summed E-state index contributed by atoms with van der Waals surface area (Å²) in [5.74, 6) is -0.662. The summed E-state index contributed by atoms with van der Waals surface area (Å²) < 4.78 is 6.67.